The van der Waals surface area contributed by atoms with Crippen LogP contribution in [0.2, 0.25) is 0 Å². The highest BCUT2D eigenvalue weighted by molar-refractivity contribution is 5.74. The average Bonchev–Trinajstić information content (AvgIpc) is 2.92. The number of ether oxygens (including phenoxy) is 1. The molecule has 0 radical (unpaired) electrons. The van der Waals surface area contributed by atoms with Gasteiger partial charge in [0.2, 0.25) is 0 Å². The largest absolute Gasteiger partial charge is 0.491 e. The van der Waals surface area contributed by atoms with Gasteiger partial charge >= 0.3 is 6.03 Å². The minimum Gasteiger partial charge on any atom is -0.491 e. The highest BCUT2D eigenvalue weighted by Gasteiger charge is 2.08. The topological polar surface area (TPSA) is 68.2 Å². The van der Waals surface area contributed by atoms with E-state index in [9.17, 15) is 9.18 Å². The number of rotatable bonds is 7. The lowest BCUT2D eigenvalue weighted by Crippen LogP contribution is -2.43. The standard InChI is InChI=1S/C16H21FN4O2/c1-12(11-23-15-5-3-14(17)4-6-15)20-16(22)18-8-7-13-9-19-21(2)10-13/h3-6,9-10,12H,7-8,11H2,1-2H3,(H2,18,20,22). The second-order valence-corrected chi connectivity index (χ2v) is 5.34. The van der Waals surface area contributed by atoms with Crippen molar-refractivity contribution in [3.8, 4) is 5.75 Å². The fourth-order valence-corrected chi connectivity index (χ4v) is 1.99. The van der Waals surface area contributed by atoms with Crippen LogP contribution in [0.1, 0.15) is 12.5 Å². The fourth-order valence-electron chi connectivity index (χ4n) is 1.99. The maximum Gasteiger partial charge on any atom is 0.315 e. The molecule has 6 nitrogen and oxygen atoms in total. The van der Waals surface area contributed by atoms with Crippen LogP contribution in [0.15, 0.2) is 36.7 Å². The molecule has 0 fully saturated rings. The van der Waals surface area contributed by atoms with Crippen LogP contribution < -0.4 is 15.4 Å². The van der Waals surface area contributed by atoms with Crippen LogP contribution in [0.3, 0.4) is 0 Å². The normalized spacial score (nSPS) is 11.8. The zero-order valence-electron chi connectivity index (χ0n) is 13.3. The number of urea groups is 1. The van der Waals surface area contributed by atoms with E-state index in [2.05, 4.69) is 15.7 Å². The van der Waals surface area contributed by atoms with Crippen molar-refractivity contribution in [2.75, 3.05) is 13.2 Å². The molecule has 1 atom stereocenters. The van der Waals surface area contributed by atoms with Gasteiger partial charge in [-0.2, -0.15) is 5.10 Å². The Morgan fingerprint density at radius 3 is 2.78 bits per heavy atom. The quantitative estimate of drug-likeness (QED) is 0.818. The van der Waals surface area contributed by atoms with Gasteiger partial charge in [-0.15, -0.1) is 0 Å². The molecule has 0 bridgehead atoms. The average molecular weight is 320 g/mol. The Bertz CT molecular complexity index is 627. The molecule has 0 saturated carbocycles. The van der Waals surface area contributed by atoms with Gasteiger partial charge < -0.3 is 15.4 Å². The summed E-state index contributed by atoms with van der Waals surface area (Å²) in [7, 11) is 1.85. The highest BCUT2D eigenvalue weighted by atomic mass is 19.1. The van der Waals surface area contributed by atoms with Crippen molar-refractivity contribution in [1.29, 1.82) is 0 Å². The molecule has 1 heterocycles. The van der Waals surface area contributed by atoms with E-state index in [0.717, 1.165) is 12.0 Å². The third-order valence-corrected chi connectivity index (χ3v) is 3.15. The fraction of sp³-hybridized carbons (Fsp3) is 0.375. The van der Waals surface area contributed by atoms with E-state index < -0.39 is 0 Å². The summed E-state index contributed by atoms with van der Waals surface area (Å²) in [5.41, 5.74) is 1.07. The van der Waals surface area contributed by atoms with Gasteiger partial charge in [0.05, 0.1) is 12.2 Å². The number of amides is 2. The molecule has 124 valence electrons. The first kappa shape index (κ1) is 16.8. The maximum absolute atomic E-state index is 12.8. The van der Waals surface area contributed by atoms with E-state index in [4.69, 9.17) is 4.74 Å². The number of hydrogen-bond acceptors (Lipinski definition) is 3. The number of halogens is 1. The molecule has 2 rings (SSSR count). The van der Waals surface area contributed by atoms with E-state index in [1.165, 1.54) is 12.1 Å². The maximum atomic E-state index is 12.8. The molecule has 0 aliphatic carbocycles. The van der Waals surface area contributed by atoms with Crippen LogP contribution in [0.4, 0.5) is 9.18 Å². The summed E-state index contributed by atoms with van der Waals surface area (Å²) in [5, 5.41) is 9.64. The predicted octanol–water partition coefficient (Wildman–Crippen LogP) is 1.87. The van der Waals surface area contributed by atoms with Crippen molar-refractivity contribution in [3.05, 3.63) is 48.0 Å². The van der Waals surface area contributed by atoms with E-state index >= 15 is 0 Å². The summed E-state index contributed by atoms with van der Waals surface area (Å²) < 4.78 is 20.0. The molecule has 0 spiro atoms. The number of carbonyl (C=O) groups is 1. The van der Waals surface area contributed by atoms with Crippen molar-refractivity contribution in [2.24, 2.45) is 7.05 Å². The summed E-state index contributed by atoms with van der Waals surface area (Å²) in [5.74, 6) is 0.258. The molecular weight excluding hydrogens is 299 g/mol. The zero-order valence-corrected chi connectivity index (χ0v) is 13.3. The molecule has 0 aliphatic heterocycles. The lowest BCUT2D eigenvalue weighted by molar-refractivity contribution is 0.226. The Morgan fingerprint density at radius 2 is 2.13 bits per heavy atom. The Balaban J connectivity index is 1.63. The molecule has 2 amide bonds. The summed E-state index contributed by atoms with van der Waals surface area (Å²) in [6, 6.07) is 5.35. The van der Waals surface area contributed by atoms with Gasteiger partial charge in [-0.25, -0.2) is 9.18 Å². The molecule has 2 aromatic rings. The van der Waals surface area contributed by atoms with E-state index in [1.54, 1.807) is 23.0 Å². The molecule has 1 aromatic carbocycles. The van der Waals surface area contributed by atoms with Crippen LogP contribution in [0, 0.1) is 5.82 Å². The van der Waals surface area contributed by atoms with Crippen molar-refractivity contribution >= 4 is 6.03 Å². The third kappa shape index (κ3) is 5.98. The Hall–Kier alpha value is -2.57. The summed E-state index contributed by atoms with van der Waals surface area (Å²) in [4.78, 5) is 11.8. The van der Waals surface area contributed by atoms with Crippen LogP contribution in [0.25, 0.3) is 0 Å². The van der Waals surface area contributed by atoms with Gasteiger partial charge in [-0.3, -0.25) is 4.68 Å². The van der Waals surface area contributed by atoms with Crippen molar-refractivity contribution in [1.82, 2.24) is 20.4 Å². The van der Waals surface area contributed by atoms with Gasteiger partial charge in [0.1, 0.15) is 18.2 Å². The van der Waals surface area contributed by atoms with Gasteiger partial charge in [0, 0.05) is 19.8 Å². The summed E-state index contributed by atoms with van der Waals surface area (Å²) in [6.45, 7) is 2.68. The number of aryl methyl sites for hydroxylation is 1. The Kier molecular flexibility index (Phi) is 5.96. The van der Waals surface area contributed by atoms with Gasteiger partial charge in [0.15, 0.2) is 0 Å². The molecule has 2 N–H and O–H groups in total. The van der Waals surface area contributed by atoms with Crippen molar-refractivity contribution in [3.63, 3.8) is 0 Å². The first-order chi connectivity index (χ1) is 11.0. The van der Waals surface area contributed by atoms with Crippen LogP contribution in [-0.2, 0) is 13.5 Å². The van der Waals surface area contributed by atoms with Crippen molar-refractivity contribution < 1.29 is 13.9 Å². The van der Waals surface area contributed by atoms with E-state index in [1.807, 2.05) is 20.2 Å². The number of nitrogens with one attached hydrogen (secondary N) is 2. The van der Waals surface area contributed by atoms with Crippen LogP contribution in [0.5, 0.6) is 5.75 Å². The molecule has 1 aromatic heterocycles. The predicted molar refractivity (Wildman–Crippen MR) is 84.8 cm³/mol. The molecule has 1 unspecified atom stereocenters. The highest BCUT2D eigenvalue weighted by Crippen LogP contribution is 2.11. The minimum absolute atomic E-state index is 0.168. The molecule has 0 aliphatic rings. The first-order valence-corrected chi connectivity index (χ1v) is 7.43. The van der Waals surface area contributed by atoms with E-state index in [0.29, 0.717) is 18.9 Å². The van der Waals surface area contributed by atoms with Crippen LogP contribution >= 0.6 is 0 Å². The monoisotopic (exact) mass is 320 g/mol. The number of benzene rings is 1. The van der Waals surface area contributed by atoms with Crippen LogP contribution in [-0.4, -0.2) is 35.0 Å². The third-order valence-electron chi connectivity index (χ3n) is 3.15. The SMILES string of the molecule is CC(COc1ccc(F)cc1)NC(=O)NCCc1cnn(C)c1. The molecule has 0 saturated heterocycles. The Morgan fingerprint density at radius 1 is 1.39 bits per heavy atom. The van der Waals surface area contributed by atoms with E-state index in [-0.39, 0.29) is 17.9 Å². The molecule has 7 heteroatoms. The van der Waals surface area contributed by atoms with Gasteiger partial charge in [-0.05, 0) is 43.2 Å². The van der Waals surface area contributed by atoms with Gasteiger partial charge in [0.25, 0.3) is 0 Å². The Labute approximate surface area is 134 Å². The second-order valence-electron chi connectivity index (χ2n) is 5.34. The number of aromatic nitrogens is 2. The zero-order chi connectivity index (χ0) is 16.7. The lowest BCUT2D eigenvalue weighted by Gasteiger charge is -2.15. The molecular formula is C16H21FN4O2. The number of carbonyl (C=O) groups excluding carboxylic acids is 1. The first-order valence-electron chi connectivity index (χ1n) is 7.43. The smallest absolute Gasteiger partial charge is 0.315 e. The summed E-state index contributed by atoms with van der Waals surface area (Å²) >= 11 is 0. The minimum atomic E-state index is -0.309. The second kappa shape index (κ2) is 8.17. The lowest BCUT2D eigenvalue weighted by atomic mass is 10.2. The van der Waals surface area contributed by atoms with Gasteiger partial charge in [-0.1, -0.05) is 0 Å². The number of hydrogen-bond donors (Lipinski definition) is 2. The van der Waals surface area contributed by atoms with Crippen molar-refractivity contribution in [2.45, 2.75) is 19.4 Å². The molecule has 23 heavy (non-hydrogen) atoms. The summed E-state index contributed by atoms with van der Waals surface area (Å²) in [6.07, 6.45) is 4.42. The number of nitrogens with zero attached hydrogens (tertiary/aromatic N) is 2.